The van der Waals surface area contributed by atoms with Gasteiger partial charge in [-0.15, -0.1) is 0 Å². The van der Waals surface area contributed by atoms with Crippen molar-refractivity contribution in [3.05, 3.63) is 88.3 Å². The van der Waals surface area contributed by atoms with Crippen LogP contribution in [0.5, 0.6) is 5.75 Å². The number of aliphatic hydroxyl groups is 1. The van der Waals surface area contributed by atoms with Crippen molar-refractivity contribution in [1.29, 1.82) is 0 Å². The van der Waals surface area contributed by atoms with Gasteiger partial charge < -0.3 is 20.0 Å². The number of methoxy groups -OCH3 is 1. The van der Waals surface area contributed by atoms with E-state index in [1.165, 1.54) is 19.2 Å². The van der Waals surface area contributed by atoms with Crippen LogP contribution in [-0.2, 0) is 18.0 Å². The highest BCUT2D eigenvalue weighted by molar-refractivity contribution is 6.02. The molecule has 0 saturated heterocycles. The Morgan fingerprint density at radius 2 is 1.94 bits per heavy atom. The van der Waals surface area contributed by atoms with E-state index < -0.39 is 5.82 Å². The highest BCUT2D eigenvalue weighted by Crippen LogP contribution is 2.29. The molecule has 1 amide bonds. The first-order chi connectivity index (χ1) is 16.0. The molecule has 170 valence electrons. The molecule has 2 heterocycles. The van der Waals surface area contributed by atoms with Gasteiger partial charge in [-0.05, 0) is 41.8 Å². The van der Waals surface area contributed by atoms with Crippen molar-refractivity contribution in [2.24, 2.45) is 5.16 Å². The number of ether oxygens (including phenoxy) is 1. The van der Waals surface area contributed by atoms with Crippen LogP contribution in [0.3, 0.4) is 0 Å². The molecule has 2 aromatic carbocycles. The number of nitrogens with one attached hydrogen (secondary N) is 1. The van der Waals surface area contributed by atoms with Crippen LogP contribution in [0.1, 0.15) is 51.2 Å². The molecular formula is C24H23FN4O4. The van der Waals surface area contributed by atoms with Crippen molar-refractivity contribution in [2.75, 3.05) is 7.11 Å². The SMILES string of the molecule is COc1cc(CNC(=O)c2cc(C3=NOC(c4ccc(CO)cc4)C3)nc(C)n2)ccc1F. The van der Waals surface area contributed by atoms with Gasteiger partial charge in [0, 0.05) is 13.0 Å². The van der Waals surface area contributed by atoms with Crippen molar-refractivity contribution in [2.45, 2.75) is 32.6 Å². The first-order valence-corrected chi connectivity index (χ1v) is 10.4. The molecule has 0 aliphatic carbocycles. The number of carbonyl (C=O) groups is 1. The zero-order valence-corrected chi connectivity index (χ0v) is 18.2. The Hall–Kier alpha value is -3.85. The summed E-state index contributed by atoms with van der Waals surface area (Å²) in [6, 6.07) is 13.4. The van der Waals surface area contributed by atoms with Gasteiger partial charge >= 0.3 is 0 Å². The summed E-state index contributed by atoms with van der Waals surface area (Å²) < 4.78 is 18.6. The fourth-order valence-corrected chi connectivity index (χ4v) is 3.46. The van der Waals surface area contributed by atoms with E-state index in [2.05, 4.69) is 20.4 Å². The monoisotopic (exact) mass is 450 g/mol. The van der Waals surface area contributed by atoms with Gasteiger partial charge in [0.05, 0.1) is 19.4 Å². The smallest absolute Gasteiger partial charge is 0.270 e. The number of benzene rings is 2. The zero-order valence-electron chi connectivity index (χ0n) is 18.2. The molecular weight excluding hydrogens is 427 g/mol. The predicted molar refractivity (Wildman–Crippen MR) is 118 cm³/mol. The lowest BCUT2D eigenvalue weighted by Crippen LogP contribution is -2.25. The second-order valence-electron chi connectivity index (χ2n) is 7.57. The maximum absolute atomic E-state index is 13.6. The molecule has 1 aliphatic rings. The second kappa shape index (κ2) is 9.74. The summed E-state index contributed by atoms with van der Waals surface area (Å²) in [6.07, 6.45) is 0.222. The van der Waals surface area contributed by atoms with Crippen LogP contribution in [-0.4, -0.2) is 33.8 Å². The maximum atomic E-state index is 13.6. The number of hydrogen-bond acceptors (Lipinski definition) is 7. The molecule has 1 aliphatic heterocycles. The van der Waals surface area contributed by atoms with E-state index in [0.29, 0.717) is 29.2 Å². The van der Waals surface area contributed by atoms with Gasteiger partial charge in [-0.25, -0.2) is 14.4 Å². The van der Waals surface area contributed by atoms with Gasteiger partial charge in [-0.3, -0.25) is 4.79 Å². The average Bonchev–Trinajstić information content (AvgIpc) is 3.33. The van der Waals surface area contributed by atoms with Crippen molar-refractivity contribution >= 4 is 11.6 Å². The minimum Gasteiger partial charge on any atom is -0.494 e. The molecule has 1 unspecified atom stereocenters. The fourth-order valence-electron chi connectivity index (χ4n) is 3.46. The highest BCUT2D eigenvalue weighted by atomic mass is 19.1. The Morgan fingerprint density at radius 3 is 2.67 bits per heavy atom. The van der Waals surface area contributed by atoms with E-state index in [0.717, 1.165) is 11.1 Å². The molecule has 33 heavy (non-hydrogen) atoms. The lowest BCUT2D eigenvalue weighted by atomic mass is 10.0. The molecule has 9 heteroatoms. The number of nitrogens with zero attached hydrogens (tertiary/aromatic N) is 3. The van der Waals surface area contributed by atoms with Gasteiger partial charge in [0.25, 0.3) is 5.91 Å². The van der Waals surface area contributed by atoms with Crippen LogP contribution < -0.4 is 10.1 Å². The van der Waals surface area contributed by atoms with Crippen molar-refractivity contribution in [3.63, 3.8) is 0 Å². The van der Waals surface area contributed by atoms with E-state index in [-0.39, 0.29) is 36.6 Å². The molecule has 2 N–H and O–H groups in total. The molecule has 3 aromatic rings. The van der Waals surface area contributed by atoms with E-state index in [9.17, 15) is 14.3 Å². The van der Waals surface area contributed by atoms with Crippen molar-refractivity contribution < 1.29 is 23.9 Å². The third-order valence-electron chi connectivity index (χ3n) is 5.24. The summed E-state index contributed by atoms with van der Waals surface area (Å²) in [5.41, 5.74) is 3.78. The second-order valence-corrected chi connectivity index (χ2v) is 7.57. The molecule has 0 saturated carbocycles. The average molecular weight is 450 g/mol. The molecule has 1 aromatic heterocycles. The van der Waals surface area contributed by atoms with Crippen LogP contribution in [0.15, 0.2) is 53.7 Å². The normalized spacial score (nSPS) is 15.0. The fraction of sp³-hybridized carbons (Fsp3) is 0.250. The number of aliphatic hydroxyl groups excluding tert-OH is 1. The largest absolute Gasteiger partial charge is 0.494 e. The Bertz CT molecular complexity index is 1200. The van der Waals surface area contributed by atoms with Gasteiger partial charge in [0.1, 0.15) is 17.2 Å². The summed E-state index contributed by atoms with van der Waals surface area (Å²) in [6.45, 7) is 1.86. The molecule has 0 radical (unpaired) electrons. The van der Waals surface area contributed by atoms with E-state index in [1.54, 1.807) is 19.1 Å². The van der Waals surface area contributed by atoms with Gasteiger partial charge in [-0.2, -0.15) is 0 Å². The Balaban J connectivity index is 1.44. The molecule has 4 rings (SSSR count). The van der Waals surface area contributed by atoms with E-state index in [4.69, 9.17) is 9.57 Å². The van der Waals surface area contributed by atoms with Crippen molar-refractivity contribution in [1.82, 2.24) is 15.3 Å². The number of oxime groups is 1. The lowest BCUT2D eigenvalue weighted by molar-refractivity contribution is 0.0857. The number of carbonyl (C=O) groups excluding carboxylic acids is 1. The lowest BCUT2D eigenvalue weighted by Gasteiger charge is -2.10. The van der Waals surface area contributed by atoms with E-state index in [1.807, 2.05) is 24.3 Å². The zero-order chi connectivity index (χ0) is 23.4. The van der Waals surface area contributed by atoms with Crippen LogP contribution in [0.2, 0.25) is 0 Å². The summed E-state index contributed by atoms with van der Waals surface area (Å²) in [4.78, 5) is 26.9. The van der Waals surface area contributed by atoms with Gasteiger partial charge in [0.2, 0.25) is 0 Å². The number of halogens is 1. The Kier molecular flexibility index (Phi) is 6.60. The Morgan fingerprint density at radius 1 is 1.18 bits per heavy atom. The number of rotatable bonds is 7. The van der Waals surface area contributed by atoms with Crippen molar-refractivity contribution in [3.8, 4) is 5.75 Å². The predicted octanol–water partition coefficient (Wildman–Crippen LogP) is 3.22. The molecule has 1 atom stereocenters. The maximum Gasteiger partial charge on any atom is 0.270 e. The molecule has 0 bridgehead atoms. The van der Waals surface area contributed by atoms with Gasteiger partial charge in [0.15, 0.2) is 17.7 Å². The summed E-state index contributed by atoms with van der Waals surface area (Å²) in [5.74, 6) is -0.312. The first-order valence-electron chi connectivity index (χ1n) is 10.4. The topological polar surface area (TPSA) is 106 Å². The molecule has 0 fully saturated rings. The standard InChI is InChI=1S/C24H23FN4O4/c1-14-27-19(20-11-22(33-29-20)17-6-3-15(13-30)4-7-17)10-21(28-14)24(31)26-12-16-5-8-18(25)23(9-16)32-2/h3-10,22,30H,11-13H2,1-2H3,(H,26,31). The molecule has 0 spiro atoms. The number of aromatic nitrogens is 2. The summed E-state index contributed by atoms with van der Waals surface area (Å²) >= 11 is 0. The quantitative estimate of drug-likeness (QED) is 0.573. The third-order valence-corrected chi connectivity index (χ3v) is 5.24. The minimum atomic E-state index is -0.467. The number of aryl methyl sites for hydroxylation is 1. The van der Waals surface area contributed by atoms with E-state index >= 15 is 0 Å². The van der Waals surface area contributed by atoms with Crippen LogP contribution in [0, 0.1) is 12.7 Å². The summed E-state index contributed by atoms with van der Waals surface area (Å²) in [5, 5.41) is 16.1. The van der Waals surface area contributed by atoms with Crippen LogP contribution in [0.4, 0.5) is 4.39 Å². The first kappa shape index (κ1) is 22.3. The van der Waals surface area contributed by atoms with Gasteiger partial charge in [-0.1, -0.05) is 35.5 Å². The minimum absolute atomic E-state index is 0.0205. The number of amides is 1. The van der Waals surface area contributed by atoms with Crippen LogP contribution in [0.25, 0.3) is 0 Å². The summed E-state index contributed by atoms with van der Waals surface area (Å²) in [7, 11) is 1.39. The number of hydrogen-bond donors (Lipinski definition) is 2. The third kappa shape index (κ3) is 5.15. The Labute approximate surface area is 190 Å². The van der Waals surface area contributed by atoms with Crippen LogP contribution >= 0.6 is 0 Å². The highest BCUT2D eigenvalue weighted by Gasteiger charge is 2.26. The molecule has 8 nitrogen and oxygen atoms in total.